The molecule has 0 saturated carbocycles. The first kappa shape index (κ1) is 16.8. The van der Waals surface area contributed by atoms with Crippen LogP contribution in [0.25, 0.3) is 0 Å². The van der Waals surface area contributed by atoms with E-state index in [1.807, 2.05) is 10.7 Å². The Morgan fingerprint density at radius 1 is 1.42 bits per heavy atom. The van der Waals surface area contributed by atoms with Crippen LogP contribution in [-0.2, 0) is 13.0 Å². The Hall–Kier alpha value is -2.02. The van der Waals surface area contributed by atoms with E-state index in [0.717, 1.165) is 37.8 Å². The zero-order chi connectivity index (χ0) is 16.9. The van der Waals surface area contributed by atoms with Crippen molar-refractivity contribution in [2.45, 2.75) is 57.8 Å². The summed E-state index contributed by atoms with van der Waals surface area (Å²) in [6, 6.07) is 5.86. The standard InChI is InChI=1S/C17H22F2N4O/c1-12(7-8-23-11-20-10-21-23)22-16-4-2-3-13-9-14(24-17(18)19)5-6-15(13)16/h5-6,9-12,16-17,22H,2-4,7-8H2,1H3. The van der Waals surface area contributed by atoms with Crippen molar-refractivity contribution in [3.8, 4) is 5.75 Å². The first-order valence-corrected chi connectivity index (χ1v) is 8.28. The maximum absolute atomic E-state index is 12.4. The molecule has 0 fully saturated rings. The average molecular weight is 336 g/mol. The topological polar surface area (TPSA) is 52.0 Å². The van der Waals surface area contributed by atoms with Crippen molar-refractivity contribution >= 4 is 0 Å². The van der Waals surface area contributed by atoms with Crippen molar-refractivity contribution in [3.05, 3.63) is 42.0 Å². The maximum Gasteiger partial charge on any atom is 0.387 e. The molecule has 1 aliphatic rings. The molecule has 130 valence electrons. The first-order chi connectivity index (χ1) is 11.6. The molecule has 24 heavy (non-hydrogen) atoms. The van der Waals surface area contributed by atoms with E-state index < -0.39 is 6.61 Å². The van der Waals surface area contributed by atoms with Gasteiger partial charge in [0.15, 0.2) is 0 Å². The average Bonchev–Trinajstić information content (AvgIpc) is 3.06. The lowest BCUT2D eigenvalue weighted by atomic mass is 9.87. The number of aryl methyl sites for hydroxylation is 2. The van der Waals surface area contributed by atoms with Gasteiger partial charge in [-0.1, -0.05) is 6.07 Å². The van der Waals surface area contributed by atoms with Crippen LogP contribution in [0.4, 0.5) is 8.78 Å². The van der Waals surface area contributed by atoms with E-state index in [4.69, 9.17) is 0 Å². The Morgan fingerprint density at radius 2 is 2.29 bits per heavy atom. The van der Waals surface area contributed by atoms with Crippen LogP contribution in [0, 0.1) is 0 Å². The molecule has 2 atom stereocenters. The van der Waals surface area contributed by atoms with Crippen molar-refractivity contribution in [1.29, 1.82) is 0 Å². The lowest BCUT2D eigenvalue weighted by Crippen LogP contribution is -2.33. The number of rotatable bonds is 7. The second-order valence-corrected chi connectivity index (χ2v) is 6.20. The van der Waals surface area contributed by atoms with Crippen molar-refractivity contribution in [2.24, 2.45) is 0 Å². The summed E-state index contributed by atoms with van der Waals surface area (Å²) < 4.78 is 31.0. The van der Waals surface area contributed by atoms with Gasteiger partial charge in [-0.25, -0.2) is 4.98 Å². The van der Waals surface area contributed by atoms with Crippen LogP contribution in [0.1, 0.15) is 43.4 Å². The molecule has 0 saturated heterocycles. The minimum atomic E-state index is -2.78. The Bertz CT molecular complexity index is 648. The van der Waals surface area contributed by atoms with Gasteiger partial charge in [-0.15, -0.1) is 0 Å². The van der Waals surface area contributed by atoms with Crippen LogP contribution in [0.15, 0.2) is 30.9 Å². The summed E-state index contributed by atoms with van der Waals surface area (Å²) in [5.41, 5.74) is 2.29. The SMILES string of the molecule is CC(CCn1cncn1)NC1CCCc2cc(OC(F)F)ccc21. The quantitative estimate of drug-likeness (QED) is 0.843. The number of alkyl halides is 2. The molecule has 5 nitrogen and oxygen atoms in total. The Kier molecular flexibility index (Phi) is 5.40. The number of aromatic nitrogens is 3. The van der Waals surface area contributed by atoms with E-state index in [1.165, 1.54) is 11.9 Å². The predicted octanol–water partition coefficient (Wildman–Crippen LogP) is 3.33. The molecule has 0 amide bonds. The number of benzene rings is 1. The second-order valence-electron chi connectivity index (χ2n) is 6.20. The predicted molar refractivity (Wildman–Crippen MR) is 86.0 cm³/mol. The fraction of sp³-hybridized carbons (Fsp3) is 0.529. The zero-order valence-corrected chi connectivity index (χ0v) is 13.7. The van der Waals surface area contributed by atoms with Gasteiger partial charge in [-0.3, -0.25) is 4.68 Å². The second kappa shape index (κ2) is 7.70. The van der Waals surface area contributed by atoms with E-state index in [1.54, 1.807) is 18.5 Å². The van der Waals surface area contributed by atoms with Gasteiger partial charge in [-0.2, -0.15) is 13.9 Å². The van der Waals surface area contributed by atoms with E-state index in [0.29, 0.717) is 6.04 Å². The van der Waals surface area contributed by atoms with Gasteiger partial charge in [0, 0.05) is 18.6 Å². The van der Waals surface area contributed by atoms with Crippen LogP contribution in [0.2, 0.25) is 0 Å². The van der Waals surface area contributed by atoms with Crippen LogP contribution in [0.3, 0.4) is 0 Å². The van der Waals surface area contributed by atoms with Gasteiger partial charge < -0.3 is 10.1 Å². The number of nitrogens with one attached hydrogen (secondary N) is 1. The summed E-state index contributed by atoms with van der Waals surface area (Å²) in [6.07, 6.45) is 7.19. The first-order valence-electron chi connectivity index (χ1n) is 8.28. The molecule has 1 N–H and O–H groups in total. The summed E-state index contributed by atoms with van der Waals surface area (Å²) in [7, 11) is 0. The number of nitrogens with zero attached hydrogens (tertiary/aromatic N) is 3. The molecule has 3 rings (SSSR count). The molecular formula is C17H22F2N4O. The molecule has 1 aromatic heterocycles. The molecule has 0 aliphatic heterocycles. The number of fused-ring (bicyclic) bond motifs is 1. The number of ether oxygens (including phenoxy) is 1. The van der Waals surface area contributed by atoms with Crippen molar-refractivity contribution in [3.63, 3.8) is 0 Å². The highest BCUT2D eigenvalue weighted by Gasteiger charge is 2.22. The van der Waals surface area contributed by atoms with Crippen molar-refractivity contribution < 1.29 is 13.5 Å². The minimum Gasteiger partial charge on any atom is -0.435 e. The van der Waals surface area contributed by atoms with Gasteiger partial charge >= 0.3 is 6.61 Å². The third kappa shape index (κ3) is 4.29. The smallest absolute Gasteiger partial charge is 0.387 e. The lowest BCUT2D eigenvalue weighted by Gasteiger charge is -2.29. The molecule has 0 radical (unpaired) electrons. The highest BCUT2D eigenvalue weighted by atomic mass is 19.3. The highest BCUT2D eigenvalue weighted by Crippen LogP contribution is 2.33. The Morgan fingerprint density at radius 3 is 3.04 bits per heavy atom. The molecule has 2 aromatic rings. The lowest BCUT2D eigenvalue weighted by molar-refractivity contribution is -0.0499. The van der Waals surface area contributed by atoms with Crippen molar-refractivity contribution in [2.75, 3.05) is 0 Å². The number of hydrogen-bond acceptors (Lipinski definition) is 4. The number of hydrogen-bond donors (Lipinski definition) is 1. The van der Waals surface area contributed by atoms with E-state index in [-0.39, 0.29) is 11.8 Å². The molecule has 0 spiro atoms. The third-order valence-corrected chi connectivity index (χ3v) is 4.40. The fourth-order valence-electron chi connectivity index (χ4n) is 3.24. The summed E-state index contributed by atoms with van der Waals surface area (Å²) in [6.45, 7) is 0.186. The van der Waals surface area contributed by atoms with Crippen LogP contribution in [0.5, 0.6) is 5.75 Å². The van der Waals surface area contributed by atoms with Crippen LogP contribution >= 0.6 is 0 Å². The fourth-order valence-corrected chi connectivity index (χ4v) is 3.24. The Labute approximate surface area is 140 Å². The summed E-state index contributed by atoms with van der Waals surface area (Å²) in [4.78, 5) is 3.94. The van der Waals surface area contributed by atoms with Gasteiger partial charge in [-0.05, 0) is 55.9 Å². The van der Waals surface area contributed by atoms with Gasteiger partial charge in [0.05, 0.1) is 0 Å². The largest absolute Gasteiger partial charge is 0.435 e. The van der Waals surface area contributed by atoms with Gasteiger partial charge in [0.25, 0.3) is 0 Å². The molecule has 7 heteroatoms. The van der Waals surface area contributed by atoms with Crippen LogP contribution < -0.4 is 10.1 Å². The zero-order valence-electron chi connectivity index (χ0n) is 13.7. The molecule has 2 unspecified atom stereocenters. The monoisotopic (exact) mass is 336 g/mol. The molecule has 1 aliphatic carbocycles. The van der Waals surface area contributed by atoms with Crippen molar-refractivity contribution in [1.82, 2.24) is 20.1 Å². The highest BCUT2D eigenvalue weighted by molar-refractivity contribution is 5.39. The van der Waals surface area contributed by atoms with Gasteiger partial charge in [0.1, 0.15) is 18.4 Å². The summed E-state index contributed by atoms with van der Waals surface area (Å²) >= 11 is 0. The van der Waals surface area contributed by atoms with E-state index in [2.05, 4.69) is 27.1 Å². The van der Waals surface area contributed by atoms with E-state index in [9.17, 15) is 8.78 Å². The molecule has 1 heterocycles. The number of halogens is 2. The molecular weight excluding hydrogens is 314 g/mol. The van der Waals surface area contributed by atoms with Gasteiger partial charge in [0.2, 0.25) is 0 Å². The molecule has 1 aromatic carbocycles. The third-order valence-electron chi connectivity index (χ3n) is 4.40. The molecule has 0 bridgehead atoms. The summed E-state index contributed by atoms with van der Waals surface area (Å²) in [5, 5.41) is 7.75. The normalized spacial score (nSPS) is 18.4. The summed E-state index contributed by atoms with van der Waals surface area (Å²) in [5.74, 6) is 0.239. The van der Waals surface area contributed by atoms with E-state index >= 15 is 0 Å². The maximum atomic E-state index is 12.4. The van der Waals surface area contributed by atoms with Crippen LogP contribution in [-0.4, -0.2) is 27.4 Å². The minimum absolute atomic E-state index is 0.239. The Balaban J connectivity index is 1.61.